The second-order valence-electron chi connectivity index (χ2n) is 2.89. The normalized spacial score (nSPS) is 10.0. The number of rotatable bonds is 0. The number of aryl methyl sites for hydroxylation is 1. The van der Waals surface area contributed by atoms with E-state index < -0.39 is 0 Å². The lowest BCUT2D eigenvalue weighted by Gasteiger charge is -1.90. The lowest BCUT2D eigenvalue weighted by molar-refractivity contribution is 1.37. The van der Waals surface area contributed by atoms with Crippen molar-refractivity contribution in [2.24, 2.45) is 0 Å². The van der Waals surface area contributed by atoms with Crippen LogP contribution in [-0.2, 0) is 0 Å². The first kappa shape index (κ1) is 6.93. The molecule has 0 saturated heterocycles. The van der Waals surface area contributed by atoms with Crippen molar-refractivity contribution >= 4 is 10.9 Å². The molecule has 2 rings (SSSR count). The zero-order valence-electron chi connectivity index (χ0n) is 6.76. The van der Waals surface area contributed by atoms with Gasteiger partial charge in [-0.05, 0) is 25.1 Å². The van der Waals surface area contributed by atoms with E-state index in [0.29, 0.717) is 5.69 Å². The van der Waals surface area contributed by atoms with Crippen LogP contribution in [0.15, 0.2) is 24.3 Å². The summed E-state index contributed by atoms with van der Waals surface area (Å²) in [6.07, 6.45) is 0. The number of nitrogens with one attached hydrogen (secondary N) is 1. The minimum Gasteiger partial charge on any atom is -0.346 e. The Bertz CT molecular complexity index is 460. The van der Waals surface area contributed by atoms with E-state index in [-0.39, 0.29) is 0 Å². The van der Waals surface area contributed by atoms with Crippen molar-refractivity contribution in [3.63, 3.8) is 0 Å². The molecular formula is C10H8N2. The molecule has 2 nitrogen and oxygen atoms in total. The third kappa shape index (κ3) is 0.960. The molecule has 0 radical (unpaired) electrons. The Morgan fingerprint density at radius 3 is 2.92 bits per heavy atom. The van der Waals surface area contributed by atoms with Crippen molar-refractivity contribution in [1.82, 2.24) is 4.98 Å². The van der Waals surface area contributed by atoms with E-state index in [0.717, 1.165) is 10.9 Å². The molecule has 0 fully saturated rings. The number of aromatic amines is 1. The van der Waals surface area contributed by atoms with E-state index in [2.05, 4.69) is 17.1 Å². The molecule has 0 atom stereocenters. The van der Waals surface area contributed by atoms with Crippen LogP contribution in [-0.4, -0.2) is 4.98 Å². The number of hydrogen-bond acceptors (Lipinski definition) is 1. The molecule has 0 aliphatic rings. The number of hydrogen-bond donors (Lipinski definition) is 1. The monoisotopic (exact) mass is 156 g/mol. The Kier molecular flexibility index (Phi) is 1.38. The summed E-state index contributed by atoms with van der Waals surface area (Å²) in [6, 6.07) is 10.0. The number of nitrogens with zero attached hydrogens (tertiary/aromatic N) is 1. The van der Waals surface area contributed by atoms with Crippen LogP contribution >= 0.6 is 0 Å². The third-order valence-corrected chi connectivity index (χ3v) is 1.90. The quantitative estimate of drug-likeness (QED) is 0.624. The van der Waals surface area contributed by atoms with Crippen molar-refractivity contribution in [3.05, 3.63) is 35.5 Å². The standard InChI is InChI=1S/C10H8N2/c1-7-2-3-10-8(4-7)5-9(6-11)12-10/h2-5,12H,1H3. The van der Waals surface area contributed by atoms with E-state index >= 15 is 0 Å². The number of nitriles is 1. The van der Waals surface area contributed by atoms with Crippen LogP contribution in [0.2, 0.25) is 0 Å². The van der Waals surface area contributed by atoms with Crippen molar-refractivity contribution in [2.45, 2.75) is 6.92 Å². The second kappa shape index (κ2) is 2.38. The van der Waals surface area contributed by atoms with Crippen LogP contribution in [0.5, 0.6) is 0 Å². The summed E-state index contributed by atoms with van der Waals surface area (Å²) in [4.78, 5) is 3.01. The molecule has 0 unspecified atom stereocenters. The Hall–Kier alpha value is -1.75. The number of H-pyrrole nitrogens is 1. The van der Waals surface area contributed by atoms with Crippen LogP contribution in [0.3, 0.4) is 0 Å². The van der Waals surface area contributed by atoms with E-state index in [9.17, 15) is 0 Å². The summed E-state index contributed by atoms with van der Waals surface area (Å²) < 4.78 is 0. The summed E-state index contributed by atoms with van der Waals surface area (Å²) in [6.45, 7) is 2.04. The van der Waals surface area contributed by atoms with Crippen molar-refractivity contribution < 1.29 is 0 Å². The summed E-state index contributed by atoms with van der Waals surface area (Å²) in [5.41, 5.74) is 2.86. The molecular weight excluding hydrogens is 148 g/mol. The zero-order valence-corrected chi connectivity index (χ0v) is 6.76. The Morgan fingerprint density at radius 1 is 1.33 bits per heavy atom. The molecule has 0 spiro atoms. The molecule has 0 aliphatic heterocycles. The van der Waals surface area contributed by atoms with Gasteiger partial charge in [0.15, 0.2) is 0 Å². The molecule has 58 valence electrons. The Morgan fingerprint density at radius 2 is 2.17 bits per heavy atom. The van der Waals surface area contributed by atoms with Gasteiger partial charge in [0.1, 0.15) is 11.8 Å². The molecule has 0 bridgehead atoms. The highest BCUT2D eigenvalue weighted by atomic mass is 14.7. The van der Waals surface area contributed by atoms with Gasteiger partial charge in [0.25, 0.3) is 0 Å². The van der Waals surface area contributed by atoms with E-state index in [1.54, 1.807) is 0 Å². The molecule has 0 aliphatic carbocycles. The van der Waals surface area contributed by atoms with Crippen LogP contribution < -0.4 is 0 Å². The van der Waals surface area contributed by atoms with Crippen molar-refractivity contribution in [3.8, 4) is 6.07 Å². The van der Waals surface area contributed by atoms with Gasteiger partial charge in [0.2, 0.25) is 0 Å². The Balaban J connectivity index is 2.77. The van der Waals surface area contributed by atoms with Gasteiger partial charge in [-0.2, -0.15) is 5.26 Å². The molecule has 1 heterocycles. The maximum absolute atomic E-state index is 8.63. The topological polar surface area (TPSA) is 39.6 Å². The average molecular weight is 156 g/mol. The van der Waals surface area contributed by atoms with Gasteiger partial charge in [0.05, 0.1) is 0 Å². The first-order valence-corrected chi connectivity index (χ1v) is 3.79. The molecule has 2 aromatic rings. The molecule has 0 amide bonds. The Labute approximate surface area is 70.4 Å². The molecule has 1 N–H and O–H groups in total. The first-order valence-electron chi connectivity index (χ1n) is 3.79. The van der Waals surface area contributed by atoms with Gasteiger partial charge in [-0.1, -0.05) is 11.6 Å². The predicted molar refractivity (Wildman–Crippen MR) is 47.8 cm³/mol. The second-order valence-corrected chi connectivity index (χ2v) is 2.89. The third-order valence-electron chi connectivity index (χ3n) is 1.90. The molecule has 0 saturated carbocycles. The average Bonchev–Trinajstić information content (AvgIpc) is 2.46. The van der Waals surface area contributed by atoms with Crippen LogP contribution in [0.1, 0.15) is 11.3 Å². The van der Waals surface area contributed by atoms with Gasteiger partial charge in [-0.15, -0.1) is 0 Å². The summed E-state index contributed by atoms with van der Waals surface area (Å²) in [5, 5.41) is 9.73. The van der Waals surface area contributed by atoms with Gasteiger partial charge in [0, 0.05) is 10.9 Å². The fourth-order valence-electron chi connectivity index (χ4n) is 1.31. The van der Waals surface area contributed by atoms with Gasteiger partial charge < -0.3 is 4.98 Å². The summed E-state index contributed by atoms with van der Waals surface area (Å²) >= 11 is 0. The van der Waals surface area contributed by atoms with E-state index in [1.165, 1.54) is 5.56 Å². The predicted octanol–water partition coefficient (Wildman–Crippen LogP) is 2.35. The van der Waals surface area contributed by atoms with Crippen LogP contribution in [0.25, 0.3) is 10.9 Å². The minimum absolute atomic E-state index is 0.621. The maximum Gasteiger partial charge on any atom is 0.118 e. The highest BCUT2D eigenvalue weighted by Crippen LogP contribution is 2.15. The fourth-order valence-corrected chi connectivity index (χ4v) is 1.31. The number of fused-ring (bicyclic) bond motifs is 1. The number of benzene rings is 1. The van der Waals surface area contributed by atoms with Gasteiger partial charge in [-0.25, -0.2) is 0 Å². The zero-order chi connectivity index (χ0) is 8.55. The minimum atomic E-state index is 0.621. The largest absolute Gasteiger partial charge is 0.346 e. The first-order chi connectivity index (χ1) is 5.79. The van der Waals surface area contributed by atoms with E-state index in [1.807, 2.05) is 25.1 Å². The number of aromatic nitrogens is 1. The molecule has 2 heteroatoms. The lowest BCUT2D eigenvalue weighted by Crippen LogP contribution is -1.71. The summed E-state index contributed by atoms with van der Waals surface area (Å²) in [7, 11) is 0. The van der Waals surface area contributed by atoms with Crippen molar-refractivity contribution in [2.75, 3.05) is 0 Å². The van der Waals surface area contributed by atoms with E-state index in [4.69, 9.17) is 5.26 Å². The van der Waals surface area contributed by atoms with Crippen LogP contribution in [0, 0.1) is 18.3 Å². The van der Waals surface area contributed by atoms with Crippen molar-refractivity contribution in [1.29, 1.82) is 5.26 Å². The fraction of sp³-hybridized carbons (Fsp3) is 0.100. The van der Waals surface area contributed by atoms with Gasteiger partial charge >= 0.3 is 0 Å². The SMILES string of the molecule is Cc1ccc2[nH]c(C#N)cc2c1. The maximum atomic E-state index is 8.63. The van der Waals surface area contributed by atoms with Crippen LogP contribution in [0.4, 0.5) is 0 Å². The lowest BCUT2D eigenvalue weighted by atomic mass is 10.2. The molecule has 1 aromatic carbocycles. The highest BCUT2D eigenvalue weighted by Gasteiger charge is 1.98. The smallest absolute Gasteiger partial charge is 0.118 e. The summed E-state index contributed by atoms with van der Waals surface area (Å²) in [5.74, 6) is 0. The molecule has 12 heavy (non-hydrogen) atoms. The van der Waals surface area contributed by atoms with Gasteiger partial charge in [-0.3, -0.25) is 0 Å². The molecule has 1 aromatic heterocycles. The highest BCUT2D eigenvalue weighted by molar-refractivity contribution is 5.81.